The van der Waals surface area contributed by atoms with E-state index >= 15 is 0 Å². The van der Waals surface area contributed by atoms with E-state index in [1.807, 2.05) is 39.2 Å². The van der Waals surface area contributed by atoms with E-state index in [0.29, 0.717) is 24.5 Å². The Labute approximate surface area is 203 Å². The molecule has 1 aliphatic rings. The van der Waals surface area contributed by atoms with E-state index in [1.54, 1.807) is 0 Å². The molecule has 0 radical (unpaired) electrons. The van der Waals surface area contributed by atoms with Crippen LogP contribution in [0.5, 0.6) is 5.88 Å². The molecule has 2 aromatic rings. The number of nitrogens with zero attached hydrogens (tertiary/aromatic N) is 3. The molecule has 1 fully saturated rings. The first-order valence-electron chi connectivity index (χ1n) is 10.9. The van der Waals surface area contributed by atoms with Crippen LogP contribution in [0.3, 0.4) is 0 Å². The summed E-state index contributed by atoms with van der Waals surface area (Å²) >= 11 is 0. The normalized spacial score (nSPS) is 19.6. The first-order chi connectivity index (χ1) is 14.5. The smallest absolute Gasteiger partial charge is 0.213 e. The molecule has 31 heavy (non-hydrogen) atoms. The third-order valence-electron chi connectivity index (χ3n) is 5.42. The molecule has 2 N–H and O–H groups in total. The number of hydrogen-bond donors (Lipinski definition) is 2. The van der Waals surface area contributed by atoms with Crippen molar-refractivity contribution in [2.75, 3.05) is 13.6 Å². The van der Waals surface area contributed by atoms with E-state index in [1.165, 1.54) is 5.56 Å². The maximum absolute atomic E-state index is 5.60. The molecule has 0 aliphatic carbocycles. The van der Waals surface area contributed by atoms with Gasteiger partial charge < -0.3 is 15.4 Å². The number of likely N-dealkylation sites (tertiary alicyclic amines) is 1. The average molecular weight is 537 g/mol. The number of pyridine rings is 1. The molecule has 0 bridgehead atoms. The van der Waals surface area contributed by atoms with Crippen molar-refractivity contribution in [1.82, 2.24) is 20.5 Å². The number of aromatic nitrogens is 1. The van der Waals surface area contributed by atoms with E-state index in [0.717, 1.165) is 37.5 Å². The van der Waals surface area contributed by atoms with Gasteiger partial charge in [0.25, 0.3) is 0 Å². The van der Waals surface area contributed by atoms with Crippen LogP contribution in [0.4, 0.5) is 0 Å². The van der Waals surface area contributed by atoms with E-state index in [9.17, 15) is 0 Å². The first-order valence-corrected chi connectivity index (χ1v) is 10.9. The summed E-state index contributed by atoms with van der Waals surface area (Å²) in [6.07, 6.45) is 4.20. The van der Waals surface area contributed by atoms with Crippen LogP contribution in [-0.2, 0) is 13.1 Å². The summed E-state index contributed by atoms with van der Waals surface area (Å²) in [7, 11) is 1.82. The highest BCUT2D eigenvalue weighted by atomic mass is 127. The Morgan fingerprint density at radius 3 is 2.58 bits per heavy atom. The third-order valence-corrected chi connectivity index (χ3v) is 5.42. The number of piperidine rings is 1. The molecule has 2 heterocycles. The Bertz CT molecular complexity index is 797. The second kappa shape index (κ2) is 12.9. The maximum Gasteiger partial charge on any atom is 0.213 e. The minimum atomic E-state index is 0. The van der Waals surface area contributed by atoms with Gasteiger partial charge in [-0.2, -0.15) is 0 Å². The van der Waals surface area contributed by atoms with Gasteiger partial charge >= 0.3 is 0 Å². The fourth-order valence-electron chi connectivity index (χ4n) is 3.81. The van der Waals surface area contributed by atoms with Gasteiger partial charge in [-0.1, -0.05) is 36.4 Å². The van der Waals surface area contributed by atoms with E-state index < -0.39 is 0 Å². The summed E-state index contributed by atoms with van der Waals surface area (Å²) < 4.78 is 5.60. The van der Waals surface area contributed by atoms with Crippen molar-refractivity contribution in [3.05, 3.63) is 59.8 Å². The summed E-state index contributed by atoms with van der Waals surface area (Å²) in [6.45, 7) is 9.10. The van der Waals surface area contributed by atoms with Gasteiger partial charge in [-0.25, -0.2) is 4.98 Å². The highest BCUT2D eigenvalue weighted by Gasteiger charge is 2.25. The number of guanidine groups is 1. The molecule has 0 spiro atoms. The third kappa shape index (κ3) is 8.29. The van der Waals surface area contributed by atoms with Crippen LogP contribution in [0.2, 0.25) is 0 Å². The van der Waals surface area contributed by atoms with Crippen molar-refractivity contribution < 1.29 is 4.74 Å². The van der Waals surface area contributed by atoms with Gasteiger partial charge in [0.15, 0.2) is 5.96 Å². The van der Waals surface area contributed by atoms with Gasteiger partial charge in [0.2, 0.25) is 5.88 Å². The van der Waals surface area contributed by atoms with Crippen LogP contribution >= 0.6 is 24.0 Å². The Morgan fingerprint density at radius 2 is 1.97 bits per heavy atom. The van der Waals surface area contributed by atoms with E-state index in [4.69, 9.17) is 4.74 Å². The second-order valence-corrected chi connectivity index (χ2v) is 8.27. The van der Waals surface area contributed by atoms with Crippen LogP contribution in [0, 0.1) is 0 Å². The zero-order chi connectivity index (χ0) is 21.3. The molecule has 7 heteroatoms. The van der Waals surface area contributed by atoms with Crippen molar-refractivity contribution in [2.24, 2.45) is 4.99 Å². The lowest BCUT2D eigenvalue weighted by Gasteiger charge is -2.38. The quantitative estimate of drug-likeness (QED) is 0.315. The van der Waals surface area contributed by atoms with Crippen molar-refractivity contribution in [2.45, 2.75) is 64.9 Å². The van der Waals surface area contributed by atoms with Crippen molar-refractivity contribution >= 4 is 29.9 Å². The molecule has 2 atom stereocenters. The Balaban J connectivity index is 0.00000341. The molecule has 2 unspecified atom stereocenters. The van der Waals surface area contributed by atoms with Crippen LogP contribution in [0.15, 0.2) is 53.7 Å². The predicted molar refractivity (Wildman–Crippen MR) is 138 cm³/mol. The number of aliphatic imine (C=N–C) groups is 1. The number of halogens is 1. The van der Waals surface area contributed by atoms with Crippen molar-refractivity contribution in [1.29, 1.82) is 0 Å². The van der Waals surface area contributed by atoms with Gasteiger partial charge in [-0.3, -0.25) is 9.89 Å². The average Bonchev–Trinajstić information content (AvgIpc) is 2.74. The molecular formula is C24H36IN5O. The molecule has 1 saturated heterocycles. The minimum Gasteiger partial charge on any atom is -0.475 e. The first kappa shape index (κ1) is 25.4. The monoisotopic (exact) mass is 537 g/mol. The molecule has 6 nitrogen and oxygen atoms in total. The summed E-state index contributed by atoms with van der Waals surface area (Å²) in [5, 5.41) is 7.00. The van der Waals surface area contributed by atoms with Crippen LogP contribution in [-0.4, -0.2) is 47.6 Å². The molecular weight excluding hydrogens is 501 g/mol. The largest absolute Gasteiger partial charge is 0.475 e. The topological polar surface area (TPSA) is 61.8 Å². The molecule has 0 saturated carbocycles. The zero-order valence-electron chi connectivity index (χ0n) is 19.0. The standard InChI is InChI=1S/C24H35N5O.HI/c1-18(2)30-23-11-10-21(15-26-23)16-27-24(25-4)28-22-12-13-29(19(3)14-22)17-20-8-6-5-7-9-20;/h5-11,15,18-19,22H,12-14,16-17H2,1-4H3,(H2,25,27,28);1H. The zero-order valence-corrected chi connectivity index (χ0v) is 21.4. The lowest BCUT2D eigenvalue weighted by Crippen LogP contribution is -2.51. The van der Waals surface area contributed by atoms with E-state index in [2.05, 4.69) is 62.8 Å². The van der Waals surface area contributed by atoms with Gasteiger partial charge in [0, 0.05) is 51.0 Å². The number of hydrogen-bond acceptors (Lipinski definition) is 4. The summed E-state index contributed by atoms with van der Waals surface area (Å²) in [5.41, 5.74) is 2.48. The molecule has 0 amide bonds. The van der Waals surface area contributed by atoms with Gasteiger partial charge in [-0.15, -0.1) is 24.0 Å². The summed E-state index contributed by atoms with van der Waals surface area (Å²) in [4.78, 5) is 11.3. The minimum absolute atomic E-state index is 0. The maximum atomic E-state index is 5.60. The van der Waals surface area contributed by atoms with Crippen LogP contribution < -0.4 is 15.4 Å². The van der Waals surface area contributed by atoms with Gasteiger partial charge in [0.1, 0.15) is 0 Å². The summed E-state index contributed by atoms with van der Waals surface area (Å²) in [5.74, 6) is 1.50. The van der Waals surface area contributed by atoms with Gasteiger partial charge in [-0.05, 0) is 44.7 Å². The van der Waals surface area contributed by atoms with Crippen molar-refractivity contribution in [3.8, 4) is 5.88 Å². The lowest BCUT2D eigenvalue weighted by atomic mass is 9.97. The van der Waals surface area contributed by atoms with E-state index in [-0.39, 0.29) is 30.1 Å². The fourth-order valence-corrected chi connectivity index (χ4v) is 3.81. The highest BCUT2D eigenvalue weighted by Crippen LogP contribution is 2.20. The molecule has 1 aliphatic heterocycles. The number of ether oxygens (including phenoxy) is 1. The molecule has 1 aromatic heterocycles. The lowest BCUT2D eigenvalue weighted by molar-refractivity contribution is 0.134. The molecule has 3 rings (SSSR count). The predicted octanol–water partition coefficient (Wildman–Crippen LogP) is 4.20. The Kier molecular flexibility index (Phi) is 10.5. The van der Waals surface area contributed by atoms with Crippen molar-refractivity contribution in [3.63, 3.8) is 0 Å². The van der Waals surface area contributed by atoms with Crippen LogP contribution in [0.1, 0.15) is 44.7 Å². The SMILES string of the molecule is CN=C(NCc1ccc(OC(C)C)nc1)NC1CCN(Cc2ccccc2)C(C)C1.I. The fraction of sp³-hybridized carbons (Fsp3) is 0.500. The Morgan fingerprint density at radius 1 is 1.19 bits per heavy atom. The number of nitrogens with one attached hydrogen (secondary N) is 2. The highest BCUT2D eigenvalue weighted by molar-refractivity contribution is 14.0. The number of benzene rings is 1. The molecule has 1 aromatic carbocycles. The number of rotatable bonds is 7. The van der Waals surface area contributed by atoms with Crippen LogP contribution in [0.25, 0.3) is 0 Å². The van der Waals surface area contributed by atoms with Gasteiger partial charge in [0.05, 0.1) is 6.10 Å². The summed E-state index contributed by atoms with van der Waals surface area (Å²) in [6, 6.07) is 15.6. The molecule has 170 valence electrons. The Hall–Kier alpha value is -1.87. The second-order valence-electron chi connectivity index (χ2n) is 8.27.